The van der Waals surface area contributed by atoms with Crippen LogP contribution in [-0.2, 0) is 28.8 Å². The van der Waals surface area contributed by atoms with E-state index in [1.54, 1.807) is 6.07 Å². The number of azo groups is 1. The van der Waals surface area contributed by atoms with Gasteiger partial charge in [0.2, 0.25) is 0 Å². The van der Waals surface area contributed by atoms with Crippen molar-refractivity contribution in [1.82, 2.24) is 4.90 Å². The summed E-state index contributed by atoms with van der Waals surface area (Å²) in [6, 6.07) is 10.8. The van der Waals surface area contributed by atoms with Crippen LogP contribution in [0, 0.1) is 0 Å². The molecule has 0 saturated carbocycles. The number of anilines is 1. The summed E-state index contributed by atoms with van der Waals surface area (Å²) in [7, 11) is -0.730. The molecule has 0 amide bonds. The summed E-state index contributed by atoms with van der Waals surface area (Å²) in [5.74, 6) is 0.445. The molecule has 314 valence electrons. The van der Waals surface area contributed by atoms with E-state index in [9.17, 15) is 8.42 Å². The first kappa shape index (κ1) is 48.3. The van der Waals surface area contributed by atoms with E-state index in [0.29, 0.717) is 44.2 Å². The van der Waals surface area contributed by atoms with Crippen molar-refractivity contribution in [2.24, 2.45) is 10.2 Å². The number of methoxy groups -OCH3 is 2. The summed E-state index contributed by atoms with van der Waals surface area (Å²) in [5.41, 5.74) is 1.26. The minimum Gasteiger partial charge on any atom is -0.495 e. The Kier molecular flexibility index (Phi) is 20.0. The van der Waals surface area contributed by atoms with E-state index < -0.39 is 9.84 Å². The van der Waals surface area contributed by atoms with Gasteiger partial charge in [-0.25, -0.2) is 8.42 Å². The summed E-state index contributed by atoms with van der Waals surface area (Å²) in [6.45, 7) is 29.1. The van der Waals surface area contributed by atoms with Crippen LogP contribution in [0.5, 0.6) is 11.5 Å². The number of rotatable bonds is 27. The fourth-order valence-electron chi connectivity index (χ4n) is 6.68. The van der Waals surface area contributed by atoms with Crippen LogP contribution in [-0.4, -0.2) is 115 Å². The maximum Gasteiger partial charge on any atom is 0.183 e. The number of sulfone groups is 1. The van der Waals surface area contributed by atoms with Crippen LogP contribution in [0.15, 0.2) is 51.5 Å². The second-order valence-electron chi connectivity index (χ2n) is 15.8. The minimum absolute atomic E-state index is 0.0366. The highest BCUT2D eigenvalue weighted by Gasteiger charge is 2.26. The van der Waals surface area contributed by atoms with E-state index >= 15 is 0 Å². The fourth-order valence-corrected chi connectivity index (χ4v) is 8.13. The van der Waals surface area contributed by atoms with Crippen molar-refractivity contribution in [3.8, 4) is 11.5 Å². The molecule has 12 nitrogen and oxygen atoms in total. The van der Waals surface area contributed by atoms with Crippen molar-refractivity contribution >= 4 is 26.9 Å². The monoisotopic (exact) mass is 793 g/mol. The molecule has 0 bridgehead atoms. The van der Waals surface area contributed by atoms with Crippen LogP contribution in [0.1, 0.15) is 95.9 Å². The largest absolute Gasteiger partial charge is 0.495 e. The summed E-state index contributed by atoms with van der Waals surface area (Å²) >= 11 is 0. The normalized spacial score (nSPS) is 14.0. The third-order valence-corrected chi connectivity index (χ3v) is 10.8. The zero-order valence-corrected chi connectivity index (χ0v) is 37.1. The molecule has 2 aromatic rings. The molecule has 2 atom stereocenters. The van der Waals surface area contributed by atoms with Gasteiger partial charge in [0.1, 0.15) is 22.1 Å². The first-order valence-electron chi connectivity index (χ1n) is 19.8. The second-order valence-corrected chi connectivity index (χ2v) is 17.9. The fraction of sp³-hybridized carbons (Fsp3) is 0.714. The lowest BCUT2D eigenvalue weighted by molar-refractivity contribution is -0.0735. The summed E-state index contributed by atoms with van der Waals surface area (Å²) in [5, 5.41) is 8.89. The maximum absolute atomic E-state index is 13.3. The van der Waals surface area contributed by atoms with E-state index in [-0.39, 0.29) is 57.8 Å². The van der Waals surface area contributed by atoms with Crippen molar-refractivity contribution in [2.45, 2.75) is 136 Å². The lowest BCUT2D eigenvalue weighted by Gasteiger charge is -2.33. The Hall–Kier alpha value is -2.81. The van der Waals surface area contributed by atoms with Gasteiger partial charge >= 0.3 is 0 Å². The average Bonchev–Trinajstić information content (AvgIpc) is 3.08. The first-order chi connectivity index (χ1) is 25.7. The first-order valence-corrected chi connectivity index (χ1v) is 21.5. The zero-order valence-electron chi connectivity index (χ0n) is 36.3. The average molecular weight is 793 g/mol. The summed E-state index contributed by atoms with van der Waals surface area (Å²) in [4.78, 5) is 4.39. The number of benzene rings is 2. The predicted molar refractivity (Wildman–Crippen MR) is 223 cm³/mol. The van der Waals surface area contributed by atoms with Crippen molar-refractivity contribution in [2.75, 3.05) is 70.8 Å². The van der Waals surface area contributed by atoms with Crippen LogP contribution in [0.25, 0.3) is 0 Å². The van der Waals surface area contributed by atoms with Gasteiger partial charge in [-0.2, -0.15) is 5.11 Å². The third-order valence-electron chi connectivity index (χ3n) is 9.13. The predicted octanol–water partition coefficient (Wildman–Crippen LogP) is 9.04. The van der Waals surface area contributed by atoms with E-state index in [4.69, 9.17) is 28.4 Å². The molecule has 13 heteroatoms. The Labute approximate surface area is 333 Å². The van der Waals surface area contributed by atoms with Gasteiger partial charge in [-0.1, -0.05) is 13.8 Å². The van der Waals surface area contributed by atoms with E-state index in [0.717, 1.165) is 31.6 Å². The maximum atomic E-state index is 13.3. The Morgan fingerprint density at radius 3 is 1.62 bits per heavy atom. The van der Waals surface area contributed by atoms with Crippen LogP contribution < -0.4 is 14.4 Å². The van der Waals surface area contributed by atoms with Gasteiger partial charge in [0.25, 0.3) is 0 Å². The van der Waals surface area contributed by atoms with Crippen molar-refractivity contribution < 1.29 is 36.8 Å². The summed E-state index contributed by atoms with van der Waals surface area (Å²) in [6.07, 6.45) is 2.06. The number of hydrogen-bond acceptors (Lipinski definition) is 12. The molecule has 2 rings (SSSR count). The quantitative estimate of drug-likeness (QED) is 0.0811. The Morgan fingerprint density at radius 1 is 0.691 bits per heavy atom. The van der Waals surface area contributed by atoms with E-state index in [1.807, 2.05) is 65.8 Å². The molecule has 0 spiro atoms. The number of nitrogens with zero attached hydrogens (tertiary/aromatic N) is 4. The van der Waals surface area contributed by atoms with Gasteiger partial charge in [-0.05, 0) is 107 Å². The molecule has 0 aromatic heterocycles. The lowest BCUT2D eigenvalue weighted by atomic mass is 10.0. The van der Waals surface area contributed by atoms with Crippen molar-refractivity contribution in [1.29, 1.82) is 0 Å². The lowest BCUT2D eigenvalue weighted by Crippen LogP contribution is -2.38. The molecule has 0 N–H and O–H groups in total. The van der Waals surface area contributed by atoms with Crippen LogP contribution in [0.3, 0.4) is 0 Å². The molecule has 0 radical (unpaired) electrons. The Bertz CT molecular complexity index is 1510. The molecule has 2 aromatic carbocycles. The van der Waals surface area contributed by atoms with Crippen LogP contribution in [0.2, 0.25) is 0 Å². The number of hydrogen-bond donors (Lipinski definition) is 0. The molecular formula is C42H72N4O8S. The smallest absolute Gasteiger partial charge is 0.183 e. The second kappa shape index (κ2) is 22.8. The summed E-state index contributed by atoms with van der Waals surface area (Å²) < 4.78 is 62.5. The number of ether oxygens (including phenoxy) is 6. The molecule has 2 unspecified atom stereocenters. The Morgan fingerprint density at radius 2 is 1.18 bits per heavy atom. The van der Waals surface area contributed by atoms with Gasteiger partial charge in [0, 0.05) is 50.3 Å². The van der Waals surface area contributed by atoms with Crippen molar-refractivity contribution in [3.63, 3.8) is 0 Å². The molecule has 0 heterocycles. The molecule has 0 aliphatic rings. The molecule has 0 fully saturated rings. The van der Waals surface area contributed by atoms with Gasteiger partial charge in [0.05, 0.1) is 74.5 Å². The minimum atomic E-state index is -3.65. The molecule has 0 aliphatic carbocycles. The van der Waals surface area contributed by atoms with Gasteiger partial charge in [-0.3, -0.25) is 0 Å². The van der Waals surface area contributed by atoms with E-state index in [2.05, 4.69) is 61.6 Å². The molecule has 0 aliphatic heterocycles. The van der Waals surface area contributed by atoms with Gasteiger partial charge in [0.15, 0.2) is 9.84 Å². The standard InChI is InChI=1S/C42H72N4O8S/c1-15-45(16-2)23-26-55(47,48)40-28-38(49-13)37(27-39(40)50-14)44-43-35-17-19-36(20-18-35)46(21-24-51-41(9,10)29-33(7)53-31(3)4)22-25-52-42(11,12)30-34(8)54-32(5)6/h17-20,27-28,31-34H,15-16,21-26,29-30H2,1-14H3. The van der Waals surface area contributed by atoms with Gasteiger partial charge in [-0.15, -0.1) is 5.11 Å². The molecule has 55 heavy (non-hydrogen) atoms. The van der Waals surface area contributed by atoms with Crippen molar-refractivity contribution in [3.05, 3.63) is 36.4 Å². The van der Waals surface area contributed by atoms with Crippen LogP contribution in [0.4, 0.5) is 17.1 Å². The molecule has 0 saturated heterocycles. The SMILES string of the molecule is CCN(CC)CCS(=O)(=O)c1cc(OC)c(N=Nc2ccc(N(CCOC(C)(C)CC(C)OC(C)C)CCOC(C)(C)CC(C)OC(C)C)cc2)cc1OC. The molecular weight excluding hydrogens is 721 g/mol. The Balaban J connectivity index is 2.27. The zero-order chi connectivity index (χ0) is 41.4. The van der Waals surface area contributed by atoms with E-state index in [1.165, 1.54) is 20.3 Å². The van der Waals surface area contributed by atoms with Gasteiger partial charge < -0.3 is 38.2 Å². The highest BCUT2D eigenvalue weighted by Crippen LogP contribution is 2.39. The van der Waals surface area contributed by atoms with Crippen LogP contribution >= 0.6 is 0 Å². The third kappa shape index (κ3) is 17.5. The topological polar surface area (TPSA) is 121 Å². The highest BCUT2D eigenvalue weighted by atomic mass is 32.2. The highest BCUT2D eigenvalue weighted by molar-refractivity contribution is 7.91.